The fourth-order valence-corrected chi connectivity index (χ4v) is 5.42. The molecule has 1 N–H and O–H groups in total. The van der Waals surface area contributed by atoms with E-state index in [9.17, 15) is 22.8 Å². The molecule has 0 unspecified atom stereocenters. The number of anilines is 1. The molecule has 0 spiro atoms. The van der Waals surface area contributed by atoms with E-state index in [1.807, 2.05) is 12.1 Å². The Morgan fingerprint density at radius 1 is 1.03 bits per heavy atom. The molecule has 5 nitrogen and oxygen atoms in total. The van der Waals surface area contributed by atoms with Crippen molar-refractivity contribution in [3.8, 4) is 0 Å². The van der Waals surface area contributed by atoms with Crippen molar-refractivity contribution < 1.29 is 22.8 Å². The number of fused-ring (bicyclic) bond motifs is 1. The predicted octanol–water partition coefficient (Wildman–Crippen LogP) is 6.31. The number of rotatable bonds is 11. The summed E-state index contributed by atoms with van der Waals surface area (Å²) in [4.78, 5) is 31.2. The number of carbonyl (C=O) groups excluding carboxylic acids is 2. The van der Waals surface area contributed by atoms with Crippen LogP contribution in [-0.2, 0) is 15.8 Å². The minimum atomic E-state index is -4.43. The van der Waals surface area contributed by atoms with E-state index in [4.69, 9.17) is 0 Å². The molecule has 0 bridgehead atoms. The van der Waals surface area contributed by atoms with Gasteiger partial charge in [0.25, 0.3) is 5.91 Å². The second-order valence-electron chi connectivity index (χ2n) is 10.3. The van der Waals surface area contributed by atoms with Gasteiger partial charge in [0.15, 0.2) is 0 Å². The number of benzene rings is 2. The van der Waals surface area contributed by atoms with Gasteiger partial charge in [-0.2, -0.15) is 13.2 Å². The van der Waals surface area contributed by atoms with E-state index in [-0.39, 0.29) is 18.4 Å². The Balaban J connectivity index is 1.66. The topological polar surface area (TPSA) is 52.7 Å². The van der Waals surface area contributed by atoms with Crippen LogP contribution < -0.4 is 10.2 Å². The lowest BCUT2D eigenvalue weighted by atomic mass is 10.1. The lowest BCUT2D eigenvalue weighted by Crippen LogP contribution is -2.43. The van der Waals surface area contributed by atoms with E-state index < -0.39 is 11.7 Å². The van der Waals surface area contributed by atoms with Crippen LogP contribution in [0, 0.1) is 11.8 Å². The molecule has 2 aromatic rings. The molecule has 0 saturated carbocycles. The summed E-state index contributed by atoms with van der Waals surface area (Å²) >= 11 is 1.25. The first kappa shape index (κ1) is 29.8. The average Bonchev–Trinajstić information content (AvgIpc) is 2.83. The van der Waals surface area contributed by atoms with Crippen LogP contribution >= 0.6 is 11.8 Å². The van der Waals surface area contributed by atoms with E-state index >= 15 is 0 Å². The van der Waals surface area contributed by atoms with E-state index in [1.54, 1.807) is 18.2 Å². The highest BCUT2D eigenvalue weighted by Crippen LogP contribution is 2.42. The zero-order valence-electron chi connectivity index (χ0n) is 22.3. The number of nitrogens with zero attached hydrogens (tertiary/aromatic N) is 2. The standard InChI is InChI=1S/C29H36F3N3O2S/c1-20(2)17-34(18-21(3)4)15-7-14-33-27(36)19-35-24-8-5-6-9-25(24)38-26(28(35)37)16-22-10-12-23(13-11-22)29(30,31)32/h5-6,8-13,16,20-21H,7,14-15,17-19H2,1-4H3,(H,33,36). The Bertz CT molecular complexity index is 1120. The number of carbonyl (C=O) groups is 2. The molecule has 2 aromatic carbocycles. The van der Waals surface area contributed by atoms with Gasteiger partial charge in [-0.25, -0.2) is 0 Å². The van der Waals surface area contributed by atoms with Gasteiger partial charge in [0.05, 0.1) is 16.2 Å². The lowest BCUT2D eigenvalue weighted by Gasteiger charge is -2.30. The van der Waals surface area contributed by atoms with Crippen molar-refractivity contribution >= 4 is 35.3 Å². The fourth-order valence-electron chi connectivity index (χ4n) is 4.36. The van der Waals surface area contributed by atoms with Crippen LogP contribution in [0.1, 0.15) is 45.2 Å². The van der Waals surface area contributed by atoms with Gasteiger partial charge >= 0.3 is 6.18 Å². The molecular formula is C29H36F3N3O2S. The molecule has 0 aliphatic carbocycles. The monoisotopic (exact) mass is 547 g/mol. The number of amides is 2. The van der Waals surface area contributed by atoms with Crippen LogP contribution in [0.3, 0.4) is 0 Å². The number of para-hydroxylation sites is 1. The van der Waals surface area contributed by atoms with Gasteiger partial charge < -0.3 is 10.2 Å². The Hall–Kier alpha value is -2.78. The van der Waals surface area contributed by atoms with Gasteiger partial charge in [-0.15, -0.1) is 0 Å². The van der Waals surface area contributed by atoms with Crippen LogP contribution in [0.2, 0.25) is 0 Å². The van der Waals surface area contributed by atoms with Gasteiger partial charge in [0.2, 0.25) is 5.91 Å². The summed E-state index contributed by atoms with van der Waals surface area (Å²) in [5.74, 6) is 0.518. The van der Waals surface area contributed by atoms with Crippen molar-refractivity contribution in [2.24, 2.45) is 11.8 Å². The number of alkyl halides is 3. The van der Waals surface area contributed by atoms with E-state index in [0.29, 0.717) is 34.5 Å². The molecule has 0 fully saturated rings. The highest BCUT2D eigenvalue weighted by atomic mass is 32.2. The number of halogens is 3. The number of hydrogen-bond donors (Lipinski definition) is 1. The number of nitrogens with one attached hydrogen (secondary N) is 1. The van der Waals surface area contributed by atoms with Crippen LogP contribution in [0.25, 0.3) is 6.08 Å². The zero-order valence-corrected chi connectivity index (χ0v) is 23.2. The third-order valence-corrected chi connectivity index (χ3v) is 6.97. The second kappa shape index (κ2) is 13.3. The molecule has 1 aliphatic rings. The molecular weight excluding hydrogens is 511 g/mol. The molecule has 0 atom stereocenters. The molecule has 206 valence electrons. The summed E-state index contributed by atoms with van der Waals surface area (Å²) < 4.78 is 38.7. The first-order chi connectivity index (χ1) is 17.9. The van der Waals surface area contributed by atoms with Crippen LogP contribution in [0.5, 0.6) is 0 Å². The maximum atomic E-state index is 13.3. The summed E-state index contributed by atoms with van der Waals surface area (Å²) in [5.41, 5.74) is 0.370. The molecule has 9 heteroatoms. The quantitative estimate of drug-likeness (QED) is 0.265. The second-order valence-corrected chi connectivity index (χ2v) is 11.4. The maximum Gasteiger partial charge on any atom is 0.416 e. The van der Waals surface area contributed by atoms with E-state index in [0.717, 1.165) is 43.1 Å². The van der Waals surface area contributed by atoms with Crippen molar-refractivity contribution in [3.05, 3.63) is 64.6 Å². The highest BCUT2D eigenvalue weighted by Gasteiger charge is 2.31. The minimum absolute atomic E-state index is 0.136. The third kappa shape index (κ3) is 8.63. The van der Waals surface area contributed by atoms with Crippen molar-refractivity contribution in [3.63, 3.8) is 0 Å². The smallest absolute Gasteiger partial charge is 0.355 e. The van der Waals surface area contributed by atoms with Crippen molar-refractivity contribution in [2.75, 3.05) is 37.6 Å². The molecule has 2 amide bonds. The number of thioether (sulfide) groups is 1. The van der Waals surface area contributed by atoms with Crippen molar-refractivity contribution in [1.29, 1.82) is 0 Å². The molecule has 38 heavy (non-hydrogen) atoms. The molecule has 0 saturated heterocycles. The molecule has 3 rings (SSSR count). The van der Waals surface area contributed by atoms with E-state index in [2.05, 4.69) is 37.9 Å². The van der Waals surface area contributed by atoms with Crippen molar-refractivity contribution in [1.82, 2.24) is 10.2 Å². The average molecular weight is 548 g/mol. The Labute approximate surface area is 227 Å². The van der Waals surface area contributed by atoms with Crippen molar-refractivity contribution in [2.45, 2.75) is 45.2 Å². The summed E-state index contributed by atoms with van der Waals surface area (Å²) in [6, 6.07) is 12.0. The SMILES string of the molecule is CC(C)CN(CCCNC(=O)CN1C(=O)C(=Cc2ccc(C(F)(F)F)cc2)Sc2ccccc21)CC(C)C. The third-order valence-electron chi connectivity index (χ3n) is 5.89. The predicted molar refractivity (Wildman–Crippen MR) is 148 cm³/mol. The lowest BCUT2D eigenvalue weighted by molar-refractivity contribution is -0.137. The van der Waals surface area contributed by atoms with Gasteiger partial charge in [-0.05, 0) is 60.7 Å². The van der Waals surface area contributed by atoms with E-state index in [1.165, 1.54) is 28.8 Å². The highest BCUT2D eigenvalue weighted by molar-refractivity contribution is 8.04. The molecule has 1 aliphatic heterocycles. The molecule has 0 aromatic heterocycles. The summed E-state index contributed by atoms with van der Waals surface area (Å²) in [7, 11) is 0. The maximum absolute atomic E-state index is 13.3. The van der Waals surface area contributed by atoms with Gasteiger partial charge in [-0.1, -0.05) is 63.7 Å². The van der Waals surface area contributed by atoms with Crippen LogP contribution in [0.15, 0.2) is 58.3 Å². The van der Waals surface area contributed by atoms with Crippen LogP contribution in [0.4, 0.5) is 18.9 Å². The van der Waals surface area contributed by atoms with Gasteiger partial charge in [0.1, 0.15) is 6.54 Å². The van der Waals surface area contributed by atoms with Gasteiger partial charge in [-0.3, -0.25) is 14.5 Å². The fraction of sp³-hybridized carbons (Fsp3) is 0.448. The Morgan fingerprint density at radius 2 is 1.66 bits per heavy atom. The van der Waals surface area contributed by atoms with Crippen LogP contribution in [-0.4, -0.2) is 49.4 Å². The summed E-state index contributed by atoms with van der Waals surface area (Å²) in [6.07, 6.45) is -2.05. The number of hydrogen-bond acceptors (Lipinski definition) is 4. The largest absolute Gasteiger partial charge is 0.416 e. The Morgan fingerprint density at radius 3 is 2.26 bits per heavy atom. The molecule has 0 radical (unpaired) electrons. The minimum Gasteiger partial charge on any atom is -0.355 e. The summed E-state index contributed by atoms with van der Waals surface area (Å²) in [5, 5.41) is 2.94. The zero-order chi connectivity index (χ0) is 27.9. The summed E-state index contributed by atoms with van der Waals surface area (Å²) in [6.45, 7) is 12.1. The Kier molecular flexibility index (Phi) is 10.4. The molecule has 1 heterocycles. The van der Waals surface area contributed by atoms with Gasteiger partial charge in [0, 0.05) is 24.5 Å². The normalized spacial score (nSPS) is 15.1. The first-order valence-electron chi connectivity index (χ1n) is 12.9. The first-order valence-corrected chi connectivity index (χ1v) is 13.7.